The van der Waals surface area contributed by atoms with E-state index < -0.39 is 67.4 Å². The van der Waals surface area contributed by atoms with E-state index >= 15 is 0 Å². The summed E-state index contributed by atoms with van der Waals surface area (Å²) in [6.45, 7) is 0.753. The molecule has 0 heterocycles. The Balaban J connectivity index is 2.73. The van der Waals surface area contributed by atoms with Crippen LogP contribution in [0.1, 0.15) is 65.7 Å². The van der Waals surface area contributed by atoms with E-state index in [1.807, 2.05) is 0 Å². The number of carbonyl (C=O) groups is 1. The average Bonchev–Trinajstić information content (AvgIpc) is 2.51. The lowest BCUT2D eigenvalue weighted by Gasteiger charge is -2.56. The van der Waals surface area contributed by atoms with Crippen molar-refractivity contribution in [2.24, 2.45) is 17.7 Å². The van der Waals surface area contributed by atoms with Gasteiger partial charge in [-0.05, 0) is 55.9 Å². The molecule has 0 aromatic carbocycles. The molecule has 0 saturated heterocycles. The molecule has 4 aliphatic rings. The van der Waals surface area contributed by atoms with E-state index in [1.165, 1.54) is 0 Å². The van der Waals surface area contributed by atoms with E-state index in [0.29, 0.717) is 0 Å². The van der Waals surface area contributed by atoms with Crippen molar-refractivity contribution in [3.05, 3.63) is 0 Å². The summed E-state index contributed by atoms with van der Waals surface area (Å²) in [5, 5.41) is 1.72. The maximum atomic E-state index is 11.9. The summed E-state index contributed by atoms with van der Waals surface area (Å²) < 4.78 is 126. The number of nitrogens with one attached hydrogen (secondary N) is 1. The lowest BCUT2D eigenvalue weighted by molar-refractivity contribution is -0.124. The van der Waals surface area contributed by atoms with Gasteiger partial charge in [-0.1, -0.05) is 0 Å². The second-order valence-corrected chi connectivity index (χ2v) is 3.31. The first-order chi connectivity index (χ1) is 12.4. The van der Waals surface area contributed by atoms with Gasteiger partial charge in [-0.2, -0.15) is 0 Å². The van der Waals surface area contributed by atoms with Crippen LogP contribution < -0.4 is 5.32 Å². The minimum absolute atomic E-state index is 0.753. The van der Waals surface area contributed by atoms with Crippen molar-refractivity contribution in [1.29, 1.82) is 0 Å². The van der Waals surface area contributed by atoms with Crippen LogP contribution in [-0.4, -0.2) is 11.4 Å². The zero-order valence-electron chi connectivity index (χ0n) is 22.4. The molecule has 0 unspecified atom stereocenters. The Bertz CT molecular complexity index is 705. The van der Waals surface area contributed by atoms with E-state index in [2.05, 4.69) is 0 Å². The zero-order chi connectivity index (χ0) is 23.3. The predicted octanol–water partition coefficient (Wildman–Crippen LogP) is 2.09. The van der Waals surface area contributed by atoms with Crippen LogP contribution in [0.4, 0.5) is 0 Å². The highest BCUT2D eigenvalue weighted by molar-refractivity contribution is 5.73. The van der Waals surface area contributed by atoms with Crippen molar-refractivity contribution < 1.29 is 25.4 Å². The molecule has 4 aliphatic carbocycles. The topological polar surface area (TPSA) is 29.1 Å². The highest BCUT2D eigenvalue weighted by Gasteiger charge is 2.51. The predicted molar refractivity (Wildman–Crippen MR) is 54.7 cm³/mol. The molecule has 4 saturated carbocycles. The summed E-state index contributed by atoms with van der Waals surface area (Å²) >= 11 is 0. The molecule has 1 amide bonds. The summed E-state index contributed by atoms with van der Waals surface area (Å²) in [6.07, 6.45) is -23.2. The normalized spacial score (nSPS) is 102. The first-order valence-corrected chi connectivity index (χ1v) is 4.20. The van der Waals surface area contributed by atoms with E-state index in [4.69, 9.17) is 20.6 Å². The summed E-state index contributed by atoms with van der Waals surface area (Å²) in [5.74, 6) is -12.7. The van der Waals surface area contributed by atoms with Crippen LogP contribution in [0.15, 0.2) is 0 Å². The monoisotopic (exact) mass is 208 g/mol. The minimum atomic E-state index is -3.89. The molecule has 14 heavy (non-hydrogen) atoms. The highest BCUT2D eigenvalue weighted by atomic mass is 16.1. The molecular weight excluding hydrogens is 174 g/mol. The van der Waals surface area contributed by atoms with E-state index in [-0.39, 0.29) is 0 Å². The molecular formula is C12H19NO. The standard InChI is InChI=1S/C12H19NO/c1-8(14)13-12-5-9-2-10(6-12)4-11(3-9)7-12/h9-11H,2-7H2,1H3,(H,13,14)/i2D2,3D2,4D2,5D2,6D2,7D2,9D,10D,11D. The fourth-order valence-electron chi connectivity index (χ4n) is 1.67. The number of carbonyl (C=O) groups excluding carboxylic acids is 1. The molecule has 0 radical (unpaired) electrons. The lowest BCUT2D eigenvalue weighted by atomic mass is 9.53. The Kier molecular flexibility index (Phi) is 0.442. The Morgan fingerprint density at radius 2 is 1.71 bits per heavy atom. The Labute approximate surface area is 107 Å². The first-order valence-electron chi connectivity index (χ1n) is 11.7. The van der Waals surface area contributed by atoms with Gasteiger partial charge in [-0.25, -0.2) is 0 Å². The van der Waals surface area contributed by atoms with E-state index in [9.17, 15) is 4.79 Å². The first kappa shape index (κ1) is 2.26. The Morgan fingerprint density at radius 1 is 1.29 bits per heavy atom. The van der Waals surface area contributed by atoms with Crippen LogP contribution in [0.5, 0.6) is 0 Å². The lowest BCUT2D eigenvalue weighted by Crippen LogP contribution is -2.59. The SMILES string of the molecule is [2H]C1([2H])C2([2H])C([2H])([2H])C3([2H])C([2H])([2H])C1([2H])C([2H])([2H])C(NC(C)=O)(C2([2H])[2H])C3([2H])[2H]. The van der Waals surface area contributed by atoms with Gasteiger partial charge in [0.1, 0.15) is 0 Å². The average molecular weight is 208 g/mol. The number of amides is 1. The molecule has 2 nitrogen and oxygen atoms in total. The summed E-state index contributed by atoms with van der Waals surface area (Å²) in [6, 6.07) is 0. The van der Waals surface area contributed by atoms with Crippen molar-refractivity contribution >= 4 is 5.91 Å². The van der Waals surface area contributed by atoms with Gasteiger partial charge in [-0.3, -0.25) is 4.79 Å². The van der Waals surface area contributed by atoms with Crippen LogP contribution in [0.2, 0.25) is 0 Å². The molecule has 78 valence electrons. The molecule has 0 spiro atoms. The molecule has 0 aliphatic heterocycles. The van der Waals surface area contributed by atoms with Gasteiger partial charge >= 0.3 is 0 Å². The Morgan fingerprint density at radius 3 is 2.07 bits per heavy atom. The molecule has 1 N–H and O–H groups in total. The van der Waals surface area contributed by atoms with Gasteiger partial charge in [0.05, 0.1) is 0 Å². The van der Waals surface area contributed by atoms with Gasteiger partial charge in [0.25, 0.3) is 0 Å². The van der Waals surface area contributed by atoms with E-state index in [0.717, 1.165) is 6.92 Å². The highest BCUT2D eigenvalue weighted by Crippen LogP contribution is 2.55. The van der Waals surface area contributed by atoms with Crippen LogP contribution in [0.25, 0.3) is 0 Å². The second kappa shape index (κ2) is 2.74. The third kappa shape index (κ3) is 1.27. The molecule has 4 rings (SSSR count). The van der Waals surface area contributed by atoms with Crippen LogP contribution >= 0.6 is 0 Å². The van der Waals surface area contributed by atoms with Gasteiger partial charge in [0, 0.05) is 33.0 Å². The molecule has 0 atom stereocenters. The molecule has 0 aromatic rings. The van der Waals surface area contributed by atoms with Crippen molar-refractivity contribution in [3.63, 3.8) is 0 Å². The number of hydrogen-bond donors (Lipinski definition) is 1. The van der Waals surface area contributed by atoms with Gasteiger partial charge in [-0.15, -0.1) is 0 Å². The van der Waals surface area contributed by atoms with Crippen molar-refractivity contribution in [2.45, 2.75) is 50.7 Å². The maximum Gasteiger partial charge on any atom is 0.217 e. The molecule has 4 bridgehead atoms. The fraction of sp³-hybridized carbons (Fsp3) is 0.917. The van der Waals surface area contributed by atoms with E-state index in [1.54, 1.807) is 5.32 Å². The van der Waals surface area contributed by atoms with Crippen molar-refractivity contribution in [3.8, 4) is 0 Å². The van der Waals surface area contributed by atoms with Gasteiger partial charge in [0.2, 0.25) is 5.91 Å². The van der Waals surface area contributed by atoms with Crippen molar-refractivity contribution in [1.82, 2.24) is 5.32 Å². The largest absolute Gasteiger partial charge is 0.351 e. The zero-order valence-corrected chi connectivity index (χ0v) is 7.41. The summed E-state index contributed by atoms with van der Waals surface area (Å²) in [7, 11) is 0. The fourth-order valence-corrected chi connectivity index (χ4v) is 1.67. The molecule has 2 heteroatoms. The van der Waals surface area contributed by atoms with Crippen molar-refractivity contribution in [2.75, 3.05) is 0 Å². The second-order valence-electron chi connectivity index (χ2n) is 3.31. The quantitative estimate of drug-likeness (QED) is 0.702. The van der Waals surface area contributed by atoms with Gasteiger partial charge < -0.3 is 5.32 Å². The number of hydrogen-bond acceptors (Lipinski definition) is 1. The summed E-state index contributed by atoms with van der Waals surface area (Å²) in [4.78, 5) is 11.9. The molecule has 4 fully saturated rings. The van der Waals surface area contributed by atoms with Crippen LogP contribution in [0.3, 0.4) is 0 Å². The third-order valence-electron chi connectivity index (χ3n) is 2.05. The van der Waals surface area contributed by atoms with Crippen LogP contribution in [0, 0.1) is 17.7 Å². The maximum absolute atomic E-state index is 11.9. The van der Waals surface area contributed by atoms with Crippen LogP contribution in [-0.2, 0) is 4.79 Å². The molecule has 0 aromatic heterocycles. The minimum Gasteiger partial charge on any atom is -0.351 e. The van der Waals surface area contributed by atoms with Gasteiger partial charge in [0.15, 0.2) is 0 Å². The number of rotatable bonds is 1. The smallest absolute Gasteiger partial charge is 0.217 e. The summed E-state index contributed by atoms with van der Waals surface area (Å²) in [5.41, 5.74) is -3.62. The third-order valence-corrected chi connectivity index (χ3v) is 2.05. The Hall–Kier alpha value is -0.530.